The second-order valence-corrected chi connectivity index (χ2v) is 9.79. The van der Waals surface area contributed by atoms with Crippen LogP contribution in [0.15, 0.2) is 53.4 Å². The summed E-state index contributed by atoms with van der Waals surface area (Å²) in [5.41, 5.74) is 2.01. The summed E-state index contributed by atoms with van der Waals surface area (Å²) in [5, 5.41) is 3.07. The first kappa shape index (κ1) is 22.0. The van der Waals surface area contributed by atoms with Crippen LogP contribution in [0, 0.1) is 18.8 Å². The van der Waals surface area contributed by atoms with Gasteiger partial charge in [-0.3, -0.25) is 9.10 Å². The van der Waals surface area contributed by atoms with Crippen LogP contribution in [-0.2, 0) is 10.0 Å². The third kappa shape index (κ3) is 4.93. The molecule has 0 atom stereocenters. The summed E-state index contributed by atoms with van der Waals surface area (Å²) in [6.45, 7) is 10.2. The Kier molecular flexibility index (Phi) is 6.88. The highest BCUT2D eigenvalue weighted by molar-refractivity contribution is 7.92. The molecular formula is C22H30N2O3S. The summed E-state index contributed by atoms with van der Waals surface area (Å²) >= 11 is 0. The summed E-state index contributed by atoms with van der Waals surface area (Å²) in [6, 6.07) is 13.4. The second kappa shape index (κ2) is 8.78. The molecule has 0 fully saturated rings. The van der Waals surface area contributed by atoms with Gasteiger partial charge in [-0.25, -0.2) is 8.42 Å². The van der Waals surface area contributed by atoms with Gasteiger partial charge in [0, 0.05) is 18.7 Å². The average molecular weight is 403 g/mol. The van der Waals surface area contributed by atoms with Crippen LogP contribution in [0.2, 0.25) is 0 Å². The van der Waals surface area contributed by atoms with E-state index in [4.69, 9.17) is 0 Å². The van der Waals surface area contributed by atoms with Crippen molar-refractivity contribution >= 4 is 21.6 Å². The van der Waals surface area contributed by atoms with E-state index in [2.05, 4.69) is 33.0 Å². The van der Waals surface area contributed by atoms with Crippen LogP contribution in [0.1, 0.15) is 43.6 Å². The van der Waals surface area contributed by atoms with Crippen molar-refractivity contribution in [2.45, 2.75) is 45.6 Å². The Bertz CT molecular complexity index is 894. The minimum Gasteiger partial charge on any atom is -0.349 e. The summed E-state index contributed by atoms with van der Waals surface area (Å²) in [7, 11) is -2.14. The van der Waals surface area contributed by atoms with Crippen molar-refractivity contribution in [1.82, 2.24) is 5.32 Å². The molecule has 2 aromatic carbocycles. The SMILES string of the molecule is Cc1ccc(S(=O)(=O)N(C)c2ccc(C(=O)NC(C(C)C)C(C)C)cc2)cc1. The molecule has 152 valence electrons. The van der Waals surface area contributed by atoms with Crippen molar-refractivity contribution in [3.8, 4) is 0 Å². The van der Waals surface area contributed by atoms with Gasteiger partial charge < -0.3 is 5.32 Å². The van der Waals surface area contributed by atoms with Gasteiger partial charge in [-0.1, -0.05) is 45.4 Å². The van der Waals surface area contributed by atoms with Crippen molar-refractivity contribution in [3.63, 3.8) is 0 Å². The number of carbonyl (C=O) groups is 1. The number of hydrogen-bond acceptors (Lipinski definition) is 3. The largest absolute Gasteiger partial charge is 0.349 e. The molecule has 0 heterocycles. The topological polar surface area (TPSA) is 66.5 Å². The average Bonchev–Trinajstić information content (AvgIpc) is 2.65. The Labute approximate surface area is 168 Å². The molecule has 2 rings (SSSR count). The number of benzene rings is 2. The lowest BCUT2D eigenvalue weighted by Gasteiger charge is -2.26. The van der Waals surface area contributed by atoms with Gasteiger partial charge >= 0.3 is 0 Å². The van der Waals surface area contributed by atoms with Crippen LogP contribution in [0.5, 0.6) is 0 Å². The molecule has 6 heteroatoms. The van der Waals surface area contributed by atoms with Crippen LogP contribution >= 0.6 is 0 Å². The van der Waals surface area contributed by atoms with Gasteiger partial charge in [-0.2, -0.15) is 0 Å². The molecule has 5 nitrogen and oxygen atoms in total. The lowest BCUT2D eigenvalue weighted by molar-refractivity contribution is 0.0910. The number of rotatable bonds is 7. The van der Waals surface area contributed by atoms with Crippen LogP contribution in [0.4, 0.5) is 5.69 Å². The highest BCUT2D eigenvalue weighted by atomic mass is 32.2. The molecule has 28 heavy (non-hydrogen) atoms. The van der Waals surface area contributed by atoms with Gasteiger partial charge in [0.15, 0.2) is 0 Å². The van der Waals surface area contributed by atoms with E-state index in [1.807, 2.05) is 6.92 Å². The Morgan fingerprint density at radius 2 is 1.39 bits per heavy atom. The van der Waals surface area contributed by atoms with E-state index >= 15 is 0 Å². The van der Waals surface area contributed by atoms with E-state index in [0.29, 0.717) is 23.1 Å². The summed E-state index contributed by atoms with van der Waals surface area (Å²) < 4.78 is 26.8. The summed E-state index contributed by atoms with van der Waals surface area (Å²) in [4.78, 5) is 12.8. The fourth-order valence-electron chi connectivity index (χ4n) is 3.17. The van der Waals surface area contributed by atoms with Gasteiger partial charge in [0.1, 0.15) is 0 Å². The second-order valence-electron chi connectivity index (χ2n) is 7.82. The third-order valence-electron chi connectivity index (χ3n) is 4.91. The monoisotopic (exact) mass is 402 g/mol. The van der Waals surface area contributed by atoms with E-state index in [0.717, 1.165) is 5.56 Å². The summed E-state index contributed by atoms with van der Waals surface area (Å²) in [6.07, 6.45) is 0. The van der Waals surface area contributed by atoms with Crippen molar-refractivity contribution in [2.24, 2.45) is 11.8 Å². The van der Waals surface area contributed by atoms with E-state index in [1.165, 1.54) is 11.4 Å². The quantitative estimate of drug-likeness (QED) is 0.754. The Hall–Kier alpha value is -2.34. The van der Waals surface area contributed by atoms with Crippen molar-refractivity contribution in [2.75, 3.05) is 11.4 Å². The Balaban J connectivity index is 2.19. The maximum Gasteiger partial charge on any atom is 0.264 e. The number of nitrogens with one attached hydrogen (secondary N) is 1. The summed E-state index contributed by atoms with van der Waals surface area (Å²) in [5.74, 6) is 0.506. The molecule has 0 radical (unpaired) electrons. The molecule has 0 bridgehead atoms. The number of aryl methyl sites for hydroxylation is 1. The van der Waals surface area contributed by atoms with Crippen molar-refractivity contribution in [3.05, 3.63) is 59.7 Å². The number of hydrogen-bond donors (Lipinski definition) is 1. The zero-order chi connectivity index (χ0) is 21.1. The van der Waals surface area contributed by atoms with Gasteiger partial charge in [-0.15, -0.1) is 0 Å². The number of anilines is 1. The third-order valence-corrected chi connectivity index (χ3v) is 6.71. The minimum absolute atomic E-state index is 0.0803. The van der Waals surface area contributed by atoms with E-state index in [9.17, 15) is 13.2 Å². The minimum atomic E-state index is -3.65. The molecular weight excluding hydrogens is 372 g/mol. The van der Waals surface area contributed by atoms with Crippen molar-refractivity contribution in [1.29, 1.82) is 0 Å². The molecule has 1 N–H and O–H groups in total. The lowest BCUT2D eigenvalue weighted by atomic mass is 9.93. The molecule has 0 aliphatic heterocycles. The predicted molar refractivity (Wildman–Crippen MR) is 114 cm³/mol. The van der Waals surface area contributed by atoms with Crippen LogP contribution < -0.4 is 9.62 Å². The first-order valence-electron chi connectivity index (χ1n) is 9.50. The van der Waals surface area contributed by atoms with Crippen molar-refractivity contribution < 1.29 is 13.2 Å². The number of nitrogens with zero attached hydrogens (tertiary/aromatic N) is 1. The Morgan fingerprint density at radius 1 is 0.893 bits per heavy atom. The van der Waals surface area contributed by atoms with Gasteiger partial charge in [0.05, 0.1) is 10.6 Å². The highest BCUT2D eigenvalue weighted by Gasteiger charge is 2.23. The molecule has 0 unspecified atom stereocenters. The lowest BCUT2D eigenvalue weighted by Crippen LogP contribution is -2.42. The van der Waals surface area contributed by atoms with Crippen LogP contribution in [0.3, 0.4) is 0 Å². The number of sulfonamides is 1. The first-order valence-corrected chi connectivity index (χ1v) is 10.9. The molecule has 0 spiro atoms. The maximum absolute atomic E-state index is 12.8. The van der Waals surface area contributed by atoms with Gasteiger partial charge in [0.25, 0.3) is 15.9 Å². The fraction of sp³-hybridized carbons (Fsp3) is 0.409. The molecule has 0 aliphatic carbocycles. The highest BCUT2D eigenvalue weighted by Crippen LogP contribution is 2.23. The van der Waals surface area contributed by atoms with Crippen LogP contribution in [0.25, 0.3) is 0 Å². The maximum atomic E-state index is 12.8. The zero-order valence-electron chi connectivity index (χ0n) is 17.4. The molecule has 0 aromatic heterocycles. The first-order chi connectivity index (χ1) is 13.0. The van der Waals surface area contributed by atoms with E-state index < -0.39 is 10.0 Å². The fourth-order valence-corrected chi connectivity index (χ4v) is 4.36. The molecule has 0 aliphatic rings. The molecule has 2 aromatic rings. The van der Waals surface area contributed by atoms with Gasteiger partial charge in [0.2, 0.25) is 0 Å². The van der Waals surface area contributed by atoms with Gasteiger partial charge in [-0.05, 0) is 55.2 Å². The molecule has 0 saturated heterocycles. The number of amides is 1. The molecule has 0 saturated carbocycles. The molecule has 1 amide bonds. The zero-order valence-corrected chi connectivity index (χ0v) is 18.2. The van der Waals surface area contributed by atoms with Crippen LogP contribution in [-0.4, -0.2) is 27.4 Å². The van der Waals surface area contributed by atoms with E-state index in [1.54, 1.807) is 48.5 Å². The normalized spacial score (nSPS) is 11.9. The predicted octanol–water partition coefficient (Wildman–Crippen LogP) is 4.23. The smallest absolute Gasteiger partial charge is 0.264 e. The Morgan fingerprint density at radius 3 is 1.86 bits per heavy atom. The number of carbonyl (C=O) groups excluding carboxylic acids is 1. The van der Waals surface area contributed by atoms with E-state index in [-0.39, 0.29) is 16.8 Å². The standard InChI is InChI=1S/C22H30N2O3S/c1-15(2)21(16(3)4)23-22(25)18-9-11-19(12-10-18)24(6)28(26,27)20-13-7-17(5)8-14-20/h7-16,21H,1-6H3,(H,23,25).